The highest BCUT2D eigenvalue weighted by atomic mass is 35.5. The van der Waals surface area contributed by atoms with E-state index in [0.717, 1.165) is 22.4 Å². The summed E-state index contributed by atoms with van der Waals surface area (Å²) < 4.78 is 5.61. The molecule has 160 valence electrons. The third kappa shape index (κ3) is 4.60. The maximum atomic E-state index is 10.9. The van der Waals surface area contributed by atoms with Gasteiger partial charge < -0.3 is 9.84 Å². The largest absolute Gasteiger partial charge is 0.504 e. The van der Waals surface area contributed by atoms with Crippen LogP contribution in [0.2, 0.25) is 5.02 Å². The molecule has 0 aromatic heterocycles. The monoisotopic (exact) mass is 434 g/mol. The van der Waals surface area contributed by atoms with Crippen molar-refractivity contribution in [3.8, 4) is 11.5 Å². The van der Waals surface area contributed by atoms with Gasteiger partial charge in [-0.15, -0.1) is 0 Å². The van der Waals surface area contributed by atoms with Gasteiger partial charge in [0.25, 0.3) is 0 Å². The Bertz CT molecular complexity index is 1110. The highest BCUT2D eigenvalue weighted by Crippen LogP contribution is 2.39. The Labute approximate surface area is 188 Å². The minimum absolute atomic E-state index is 0.116. The first kappa shape index (κ1) is 21.4. The van der Waals surface area contributed by atoms with Crippen LogP contribution in [0.1, 0.15) is 53.4 Å². The molecule has 0 fully saturated rings. The second-order valence-electron chi connectivity index (χ2n) is 7.90. The van der Waals surface area contributed by atoms with Crippen LogP contribution in [0.4, 0.5) is 0 Å². The summed E-state index contributed by atoms with van der Waals surface area (Å²) in [5.41, 5.74) is 6.35. The summed E-state index contributed by atoms with van der Waals surface area (Å²) in [5, 5.41) is 15.2. The molecule has 1 heterocycles. The van der Waals surface area contributed by atoms with E-state index in [1.165, 1.54) is 11.1 Å². The van der Waals surface area contributed by atoms with Crippen molar-refractivity contribution in [2.45, 2.75) is 39.4 Å². The molecule has 0 amide bonds. The molecule has 0 bridgehead atoms. The lowest BCUT2D eigenvalue weighted by molar-refractivity contribution is 0.313. The second-order valence-corrected chi connectivity index (χ2v) is 8.33. The molecule has 1 aliphatic rings. The molecule has 5 heteroatoms. The average Bonchev–Trinajstić information content (AvgIpc) is 2.75. The van der Waals surface area contributed by atoms with E-state index in [1.54, 1.807) is 6.07 Å². The van der Waals surface area contributed by atoms with Crippen molar-refractivity contribution in [3.63, 3.8) is 0 Å². The number of rotatable bonds is 5. The number of para-hydroxylation sites is 1. The lowest BCUT2D eigenvalue weighted by Gasteiger charge is -2.32. The number of benzene rings is 3. The number of hydrogen-bond acceptors (Lipinski definition) is 4. The van der Waals surface area contributed by atoms with Gasteiger partial charge in [-0.05, 0) is 55.7 Å². The van der Waals surface area contributed by atoms with Crippen LogP contribution in [0.25, 0.3) is 0 Å². The van der Waals surface area contributed by atoms with Crippen LogP contribution in [0.5, 0.6) is 11.5 Å². The molecule has 0 radical (unpaired) electrons. The minimum Gasteiger partial charge on any atom is -0.504 e. The summed E-state index contributed by atoms with van der Waals surface area (Å²) in [6.07, 6.45) is 0.423. The van der Waals surface area contributed by atoms with Crippen LogP contribution in [0.3, 0.4) is 0 Å². The number of nitrogens with one attached hydrogen (secondary N) is 1. The normalized spacial score (nSPS) is 18.5. The molecule has 0 spiro atoms. The van der Waals surface area contributed by atoms with Gasteiger partial charge in [-0.25, -0.2) is 0 Å². The van der Waals surface area contributed by atoms with Gasteiger partial charge in [0.2, 0.25) is 0 Å². The third-order valence-corrected chi connectivity index (χ3v) is 5.90. The smallest absolute Gasteiger partial charge is 0.162 e. The van der Waals surface area contributed by atoms with E-state index < -0.39 is 0 Å². The summed E-state index contributed by atoms with van der Waals surface area (Å²) >= 11 is 6.10. The molecular weight excluding hydrogens is 408 g/mol. The Kier molecular flexibility index (Phi) is 6.30. The van der Waals surface area contributed by atoms with Crippen molar-refractivity contribution in [2.75, 3.05) is 6.61 Å². The van der Waals surface area contributed by atoms with Crippen molar-refractivity contribution in [1.29, 1.82) is 0 Å². The van der Waals surface area contributed by atoms with E-state index in [9.17, 15) is 5.11 Å². The van der Waals surface area contributed by atoms with Crippen LogP contribution >= 0.6 is 11.6 Å². The van der Waals surface area contributed by atoms with Gasteiger partial charge >= 0.3 is 0 Å². The van der Waals surface area contributed by atoms with Gasteiger partial charge in [0.15, 0.2) is 11.5 Å². The molecule has 0 unspecified atom stereocenters. The molecule has 4 rings (SSSR count). The van der Waals surface area contributed by atoms with Gasteiger partial charge in [0.1, 0.15) is 6.17 Å². The Balaban J connectivity index is 1.77. The molecular formula is C26H27ClN2O2. The first-order valence-corrected chi connectivity index (χ1v) is 10.9. The maximum Gasteiger partial charge on any atom is 0.162 e. The fourth-order valence-corrected chi connectivity index (χ4v) is 4.23. The second kappa shape index (κ2) is 9.13. The molecule has 2 atom stereocenters. The van der Waals surface area contributed by atoms with Crippen LogP contribution in [-0.4, -0.2) is 17.4 Å². The predicted molar refractivity (Wildman–Crippen MR) is 126 cm³/mol. The van der Waals surface area contributed by atoms with Gasteiger partial charge in [0.05, 0.1) is 6.61 Å². The molecule has 0 saturated heterocycles. The number of halogens is 1. The van der Waals surface area contributed by atoms with Crippen molar-refractivity contribution in [3.05, 3.63) is 93.5 Å². The summed E-state index contributed by atoms with van der Waals surface area (Å²) in [6, 6.07) is 19.7. The molecule has 31 heavy (non-hydrogen) atoms. The number of ether oxygens (including phenoxy) is 1. The molecule has 0 aliphatic carbocycles. The first-order chi connectivity index (χ1) is 15.0. The maximum absolute atomic E-state index is 10.9. The SMILES string of the molecule is CCOc1cccc([C@@H]2CC(c3ccc(Cl)cc3)=N[C@@H](c3ccc(C)cc3C)N2)c1O. The number of phenolic OH excluding ortho intramolecular Hbond substituents is 1. The van der Waals surface area contributed by atoms with E-state index >= 15 is 0 Å². The third-order valence-electron chi connectivity index (χ3n) is 5.64. The fraction of sp³-hybridized carbons (Fsp3) is 0.269. The van der Waals surface area contributed by atoms with Gasteiger partial charge in [0, 0.05) is 28.8 Å². The van der Waals surface area contributed by atoms with Crippen LogP contribution in [0.15, 0.2) is 65.7 Å². The van der Waals surface area contributed by atoms with Crippen LogP contribution < -0.4 is 10.1 Å². The number of aryl methyl sites for hydroxylation is 2. The number of nitrogens with zero attached hydrogens (tertiary/aromatic N) is 1. The zero-order valence-corrected chi connectivity index (χ0v) is 18.8. The molecule has 2 N–H and O–H groups in total. The number of aromatic hydroxyl groups is 1. The van der Waals surface area contributed by atoms with E-state index in [4.69, 9.17) is 21.3 Å². The van der Waals surface area contributed by atoms with Gasteiger partial charge in [-0.1, -0.05) is 59.6 Å². The molecule has 1 aliphatic heterocycles. The summed E-state index contributed by atoms with van der Waals surface area (Å²) in [6.45, 7) is 6.61. The van der Waals surface area contributed by atoms with E-state index in [1.807, 2.05) is 43.3 Å². The Hall–Kier alpha value is -2.82. The lowest BCUT2D eigenvalue weighted by atomic mass is 9.92. The van der Waals surface area contributed by atoms with Gasteiger partial charge in [-0.2, -0.15) is 0 Å². The quantitative estimate of drug-likeness (QED) is 0.496. The standard InChI is InChI=1S/C26H27ClN2O2/c1-4-31-24-7-5-6-21(25(24)30)23-15-22(18-9-11-19(27)12-10-18)28-26(29-23)20-13-8-16(2)14-17(20)3/h5-14,23,26,29-30H,4,15H2,1-3H3/t23-,26+/m0/s1. The summed E-state index contributed by atoms with van der Waals surface area (Å²) in [7, 11) is 0. The van der Waals surface area contributed by atoms with Crippen molar-refractivity contribution in [1.82, 2.24) is 5.32 Å². The molecule has 3 aromatic carbocycles. The number of aliphatic imine (C=N–C) groups is 1. The fourth-order valence-electron chi connectivity index (χ4n) is 4.11. The first-order valence-electron chi connectivity index (χ1n) is 10.6. The minimum atomic E-state index is -0.222. The zero-order chi connectivity index (χ0) is 22.0. The van der Waals surface area contributed by atoms with E-state index in [2.05, 4.69) is 37.4 Å². The van der Waals surface area contributed by atoms with Crippen LogP contribution in [-0.2, 0) is 0 Å². The Morgan fingerprint density at radius 1 is 1.06 bits per heavy atom. The molecule has 4 nitrogen and oxygen atoms in total. The van der Waals surface area contributed by atoms with Crippen molar-refractivity contribution in [2.24, 2.45) is 4.99 Å². The lowest BCUT2D eigenvalue weighted by Crippen LogP contribution is -2.33. The highest BCUT2D eigenvalue weighted by Gasteiger charge is 2.29. The predicted octanol–water partition coefficient (Wildman–Crippen LogP) is 6.28. The topological polar surface area (TPSA) is 53.8 Å². The van der Waals surface area contributed by atoms with Crippen molar-refractivity contribution >= 4 is 17.3 Å². The summed E-state index contributed by atoms with van der Waals surface area (Å²) in [4.78, 5) is 5.06. The van der Waals surface area contributed by atoms with Gasteiger partial charge in [-0.3, -0.25) is 10.3 Å². The molecule has 3 aromatic rings. The average molecular weight is 435 g/mol. The Morgan fingerprint density at radius 2 is 1.84 bits per heavy atom. The number of hydrogen-bond donors (Lipinski definition) is 2. The Morgan fingerprint density at radius 3 is 2.55 bits per heavy atom. The van der Waals surface area contributed by atoms with E-state index in [-0.39, 0.29) is 18.0 Å². The number of phenols is 1. The highest BCUT2D eigenvalue weighted by molar-refractivity contribution is 6.30. The van der Waals surface area contributed by atoms with Crippen molar-refractivity contribution < 1.29 is 9.84 Å². The molecule has 0 saturated carbocycles. The summed E-state index contributed by atoms with van der Waals surface area (Å²) in [5.74, 6) is 0.680. The van der Waals surface area contributed by atoms with E-state index in [0.29, 0.717) is 23.8 Å². The zero-order valence-electron chi connectivity index (χ0n) is 18.0. The van der Waals surface area contributed by atoms with Crippen LogP contribution in [0, 0.1) is 13.8 Å².